The van der Waals surface area contributed by atoms with Crippen LogP contribution in [0.15, 0.2) is 72.8 Å². The highest BCUT2D eigenvalue weighted by molar-refractivity contribution is 6.35. The van der Waals surface area contributed by atoms with Crippen LogP contribution in [0.25, 0.3) is 11.6 Å². The summed E-state index contributed by atoms with van der Waals surface area (Å²) in [6.07, 6.45) is 1.80. The number of ether oxygens (including phenoxy) is 2. The second-order valence-electron chi connectivity index (χ2n) is 6.58. The zero-order valence-corrected chi connectivity index (χ0v) is 15.8. The van der Waals surface area contributed by atoms with Crippen LogP contribution in [-0.4, -0.2) is 19.0 Å². The first-order chi connectivity index (χ1) is 14.2. The van der Waals surface area contributed by atoms with Gasteiger partial charge in [0.15, 0.2) is 0 Å². The third-order valence-corrected chi connectivity index (χ3v) is 4.68. The number of anilines is 1. The van der Waals surface area contributed by atoms with Crippen LogP contribution in [0.3, 0.4) is 0 Å². The summed E-state index contributed by atoms with van der Waals surface area (Å²) in [6.45, 7) is 0.437. The van der Waals surface area contributed by atoms with Crippen LogP contribution < -0.4 is 10.1 Å². The number of benzene rings is 3. The molecular weight excluding hydrogens is 366 g/mol. The summed E-state index contributed by atoms with van der Waals surface area (Å²) in [5.41, 5.74) is 4.10. The Bertz CT molecular complexity index is 1100. The summed E-state index contributed by atoms with van der Waals surface area (Å²) >= 11 is 0. The summed E-state index contributed by atoms with van der Waals surface area (Å²) in [6, 6.07) is 22.5. The number of para-hydroxylation sites is 1. The van der Waals surface area contributed by atoms with Crippen molar-refractivity contribution in [2.45, 2.75) is 6.61 Å². The van der Waals surface area contributed by atoms with Gasteiger partial charge in [-0.05, 0) is 29.8 Å². The van der Waals surface area contributed by atoms with E-state index in [1.54, 1.807) is 24.3 Å². The lowest BCUT2D eigenvalue weighted by molar-refractivity contribution is -0.110. The number of carbonyl (C=O) groups is 2. The van der Waals surface area contributed by atoms with Crippen molar-refractivity contribution in [1.29, 1.82) is 0 Å². The highest BCUT2D eigenvalue weighted by Crippen LogP contribution is 2.35. The fraction of sp³-hybridized carbons (Fsp3) is 0.0833. The molecule has 0 spiro atoms. The number of nitrogens with one attached hydrogen (secondary N) is 1. The molecule has 0 unspecified atom stereocenters. The second kappa shape index (κ2) is 8.02. The quantitative estimate of drug-likeness (QED) is 0.517. The highest BCUT2D eigenvalue weighted by atomic mass is 16.5. The summed E-state index contributed by atoms with van der Waals surface area (Å²) in [5, 5.41) is 2.81. The fourth-order valence-corrected chi connectivity index (χ4v) is 3.20. The van der Waals surface area contributed by atoms with E-state index in [0.717, 1.165) is 16.7 Å². The van der Waals surface area contributed by atoms with Crippen molar-refractivity contribution in [3.05, 3.63) is 95.1 Å². The maximum absolute atomic E-state index is 12.5. The molecule has 0 atom stereocenters. The van der Waals surface area contributed by atoms with Crippen LogP contribution in [0.5, 0.6) is 5.75 Å². The van der Waals surface area contributed by atoms with Crippen LogP contribution in [0.2, 0.25) is 0 Å². The normalized spacial score (nSPS) is 13.7. The zero-order valence-electron chi connectivity index (χ0n) is 15.8. The first kappa shape index (κ1) is 18.5. The second-order valence-corrected chi connectivity index (χ2v) is 6.58. The predicted octanol–water partition coefficient (Wildman–Crippen LogP) is 4.54. The van der Waals surface area contributed by atoms with Crippen LogP contribution >= 0.6 is 0 Å². The molecule has 0 bridgehead atoms. The first-order valence-electron chi connectivity index (χ1n) is 9.17. The molecule has 3 aromatic rings. The van der Waals surface area contributed by atoms with Gasteiger partial charge in [-0.3, -0.25) is 4.79 Å². The van der Waals surface area contributed by atoms with Crippen LogP contribution in [-0.2, 0) is 16.1 Å². The smallest absolute Gasteiger partial charge is 0.337 e. The first-order valence-corrected chi connectivity index (χ1v) is 9.17. The van der Waals surface area contributed by atoms with E-state index < -0.39 is 5.97 Å². The van der Waals surface area contributed by atoms with Crippen molar-refractivity contribution in [3.63, 3.8) is 0 Å². The lowest BCUT2D eigenvalue weighted by Crippen LogP contribution is -2.04. The number of hydrogen-bond donors (Lipinski definition) is 1. The van der Waals surface area contributed by atoms with Crippen molar-refractivity contribution < 1.29 is 19.1 Å². The molecule has 1 aliphatic heterocycles. The van der Waals surface area contributed by atoms with E-state index in [4.69, 9.17) is 9.47 Å². The summed E-state index contributed by atoms with van der Waals surface area (Å²) < 4.78 is 10.7. The van der Waals surface area contributed by atoms with E-state index in [2.05, 4.69) is 5.32 Å². The lowest BCUT2D eigenvalue weighted by Gasteiger charge is -2.10. The largest absolute Gasteiger partial charge is 0.488 e. The summed E-state index contributed by atoms with van der Waals surface area (Å²) in [4.78, 5) is 24.3. The maximum atomic E-state index is 12.5. The minimum atomic E-state index is -0.445. The number of amides is 1. The molecule has 1 amide bonds. The van der Waals surface area contributed by atoms with Gasteiger partial charge < -0.3 is 14.8 Å². The van der Waals surface area contributed by atoms with Crippen molar-refractivity contribution >= 4 is 29.2 Å². The molecule has 0 aliphatic carbocycles. The van der Waals surface area contributed by atoms with Crippen molar-refractivity contribution in [2.24, 2.45) is 0 Å². The van der Waals surface area contributed by atoms with Gasteiger partial charge in [0.2, 0.25) is 0 Å². The van der Waals surface area contributed by atoms with E-state index in [1.165, 1.54) is 7.11 Å². The molecule has 0 radical (unpaired) electrons. The summed E-state index contributed by atoms with van der Waals surface area (Å²) in [5.74, 6) is 0.0234. The average Bonchev–Trinajstić information content (AvgIpc) is 3.07. The van der Waals surface area contributed by atoms with Gasteiger partial charge in [0.25, 0.3) is 5.91 Å². The molecule has 0 saturated carbocycles. The monoisotopic (exact) mass is 385 g/mol. The van der Waals surface area contributed by atoms with E-state index in [9.17, 15) is 9.59 Å². The minimum absolute atomic E-state index is 0.222. The van der Waals surface area contributed by atoms with Crippen LogP contribution in [0.1, 0.15) is 27.0 Å². The average molecular weight is 385 g/mol. The number of carbonyl (C=O) groups excluding carboxylic acids is 2. The number of hydrogen-bond acceptors (Lipinski definition) is 4. The van der Waals surface area contributed by atoms with E-state index in [-0.39, 0.29) is 5.91 Å². The van der Waals surface area contributed by atoms with E-state index in [0.29, 0.717) is 29.2 Å². The van der Waals surface area contributed by atoms with Gasteiger partial charge in [-0.2, -0.15) is 0 Å². The third kappa shape index (κ3) is 3.89. The Morgan fingerprint density at radius 3 is 2.55 bits per heavy atom. The Balaban J connectivity index is 1.64. The maximum Gasteiger partial charge on any atom is 0.337 e. The van der Waals surface area contributed by atoms with Gasteiger partial charge in [-0.25, -0.2) is 4.79 Å². The Kier molecular flexibility index (Phi) is 5.12. The molecule has 1 N–H and O–H groups in total. The third-order valence-electron chi connectivity index (χ3n) is 4.68. The molecule has 4 rings (SSSR count). The fourth-order valence-electron chi connectivity index (χ4n) is 3.20. The van der Waals surface area contributed by atoms with E-state index >= 15 is 0 Å². The molecule has 5 nitrogen and oxygen atoms in total. The molecule has 144 valence electrons. The molecule has 0 aromatic heterocycles. The predicted molar refractivity (Wildman–Crippen MR) is 111 cm³/mol. The Morgan fingerprint density at radius 2 is 1.76 bits per heavy atom. The Hall–Kier alpha value is -3.86. The van der Waals surface area contributed by atoms with Gasteiger partial charge in [-0.1, -0.05) is 54.6 Å². The lowest BCUT2D eigenvalue weighted by atomic mass is 10.0. The molecule has 29 heavy (non-hydrogen) atoms. The number of methoxy groups -OCH3 is 1. The Labute approximate surface area is 168 Å². The van der Waals surface area contributed by atoms with Crippen LogP contribution in [0.4, 0.5) is 5.69 Å². The molecule has 1 heterocycles. The van der Waals surface area contributed by atoms with E-state index in [1.807, 2.05) is 54.6 Å². The van der Waals surface area contributed by atoms with Gasteiger partial charge in [0.1, 0.15) is 12.4 Å². The van der Waals surface area contributed by atoms with Crippen molar-refractivity contribution in [3.8, 4) is 5.75 Å². The molecule has 0 saturated heterocycles. The SMILES string of the molecule is COC(=O)c1ccc2c(c1)NC(=O)C2=Cc1ccccc1OCc1ccccc1. The molecule has 0 fully saturated rings. The summed E-state index contributed by atoms with van der Waals surface area (Å²) in [7, 11) is 1.33. The van der Waals surface area contributed by atoms with Crippen LogP contribution in [0, 0.1) is 0 Å². The molecular formula is C24H19NO4. The standard InChI is InChI=1S/C24H19NO4/c1-28-24(27)18-11-12-19-20(23(26)25-21(19)14-18)13-17-9-5-6-10-22(17)29-15-16-7-3-2-4-8-16/h2-14H,15H2,1H3,(H,25,26). The molecule has 1 aliphatic rings. The van der Waals surface area contributed by atoms with Crippen molar-refractivity contribution in [1.82, 2.24) is 0 Å². The number of rotatable bonds is 5. The number of fused-ring (bicyclic) bond motifs is 1. The topological polar surface area (TPSA) is 64.6 Å². The van der Waals surface area contributed by atoms with Gasteiger partial charge in [-0.15, -0.1) is 0 Å². The van der Waals surface area contributed by atoms with Gasteiger partial charge in [0.05, 0.1) is 12.7 Å². The van der Waals surface area contributed by atoms with Gasteiger partial charge in [0, 0.05) is 22.4 Å². The van der Waals surface area contributed by atoms with Gasteiger partial charge >= 0.3 is 5.97 Å². The molecule has 3 aromatic carbocycles. The van der Waals surface area contributed by atoms with Crippen molar-refractivity contribution in [2.75, 3.05) is 12.4 Å². The molecule has 5 heteroatoms. The highest BCUT2D eigenvalue weighted by Gasteiger charge is 2.25. The number of esters is 1. The zero-order chi connectivity index (χ0) is 20.2. The minimum Gasteiger partial charge on any atom is -0.488 e. The Morgan fingerprint density at radius 1 is 1.00 bits per heavy atom.